The van der Waals surface area contributed by atoms with Gasteiger partial charge in [-0.25, -0.2) is 13.1 Å². The van der Waals surface area contributed by atoms with Gasteiger partial charge in [0, 0.05) is 17.7 Å². The third-order valence-corrected chi connectivity index (χ3v) is 5.34. The minimum atomic E-state index is -3.94. The lowest BCUT2D eigenvalue weighted by Gasteiger charge is -2.15. The summed E-state index contributed by atoms with van der Waals surface area (Å²) in [6, 6.07) is 10.7. The van der Waals surface area contributed by atoms with Crippen molar-refractivity contribution in [2.24, 2.45) is 0 Å². The Morgan fingerprint density at radius 2 is 1.83 bits per heavy atom. The summed E-state index contributed by atoms with van der Waals surface area (Å²) in [4.78, 5) is 10.1. The van der Waals surface area contributed by atoms with Crippen LogP contribution >= 0.6 is 11.6 Å². The molecule has 1 N–H and O–H groups in total. The number of sulfonamides is 1. The molecular weight excluding hydrogens is 340 g/mol. The van der Waals surface area contributed by atoms with Gasteiger partial charge in [-0.2, -0.15) is 0 Å². The van der Waals surface area contributed by atoms with Gasteiger partial charge in [0.25, 0.3) is 5.69 Å². The van der Waals surface area contributed by atoms with Gasteiger partial charge in [-0.3, -0.25) is 10.1 Å². The number of nitrogens with zero attached hydrogens (tertiary/aromatic N) is 1. The number of rotatable bonds is 5. The second-order valence-corrected chi connectivity index (χ2v) is 7.18. The third-order valence-electron chi connectivity index (χ3n) is 3.43. The zero-order valence-electron chi connectivity index (χ0n) is 12.5. The van der Waals surface area contributed by atoms with E-state index in [1.807, 2.05) is 6.07 Å². The molecule has 0 amide bonds. The smallest absolute Gasteiger partial charge is 0.258 e. The van der Waals surface area contributed by atoms with Crippen molar-refractivity contribution in [2.45, 2.75) is 24.8 Å². The van der Waals surface area contributed by atoms with Crippen LogP contribution in [0.4, 0.5) is 5.69 Å². The maximum atomic E-state index is 12.5. The van der Waals surface area contributed by atoms with Crippen molar-refractivity contribution in [1.82, 2.24) is 4.72 Å². The molecule has 23 heavy (non-hydrogen) atoms. The minimum absolute atomic E-state index is 0.0342. The molecule has 2 rings (SSSR count). The number of benzene rings is 2. The van der Waals surface area contributed by atoms with Crippen molar-refractivity contribution in [3.8, 4) is 0 Å². The molecule has 0 aliphatic rings. The Morgan fingerprint density at radius 1 is 1.22 bits per heavy atom. The first-order chi connectivity index (χ1) is 10.7. The molecule has 8 heteroatoms. The third kappa shape index (κ3) is 3.87. The summed E-state index contributed by atoms with van der Waals surface area (Å²) >= 11 is 5.93. The van der Waals surface area contributed by atoms with E-state index < -0.39 is 21.0 Å². The molecule has 0 heterocycles. The maximum Gasteiger partial charge on any atom is 0.275 e. The van der Waals surface area contributed by atoms with E-state index in [1.54, 1.807) is 31.2 Å². The molecule has 0 spiro atoms. The molecule has 6 nitrogen and oxygen atoms in total. The van der Waals surface area contributed by atoms with Crippen LogP contribution in [0.2, 0.25) is 5.02 Å². The van der Waals surface area contributed by atoms with Gasteiger partial charge in [-0.15, -0.1) is 0 Å². The van der Waals surface area contributed by atoms with Crippen LogP contribution in [0, 0.1) is 17.0 Å². The van der Waals surface area contributed by atoms with Gasteiger partial charge in [0.05, 0.1) is 14.8 Å². The molecule has 1 atom stereocenters. The first kappa shape index (κ1) is 17.4. The molecule has 2 aromatic rings. The lowest BCUT2D eigenvalue weighted by Crippen LogP contribution is -2.27. The van der Waals surface area contributed by atoms with Gasteiger partial charge in [-0.1, -0.05) is 41.9 Å². The van der Waals surface area contributed by atoms with Crippen molar-refractivity contribution in [1.29, 1.82) is 0 Å². The quantitative estimate of drug-likeness (QED) is 0.656. The van der Waals surface area contributed by atoms with Crippen LogP contribution in [0.15, 0.2) is 47.4 Å². The van der Waals surface area contributed by atoms with Crippen molar-refractivity contribution in [2.75, 3.05) is 0 Å². The predicted molar refractivity (Wildman–Crippen MR) is 88.0 cm³/mol. The molecule has 0 aliphatic carbocycles. The number of nitro groups is 1. The Hall–Kier alpha value is -1.96. The molecule has 0 fully saturated rings. The standard InChI is InChI=1S/C15H15ClN2O4S/c1-10-14(16)8-13(9-15(10)18(19)20)23(21,22)17-11(2)12-6-4-3-5-7-12/h3-9,11,17H,1-2H3/t11-/m0/s1. The summed E-state index contributed by atoms with van der Waals surface area (Å²) in [5, 5.41) is 11.1. The summed E-state index contributed by atoms with van der Waals surface area (Å²) in [5.74, 6) is 0. The van der Waals surface area contributed by atoms with Crippen molar-refractivity contribution in [3.05, 3.63) is 68.7 Å². The van der Waals surface area contributed by atoms with Gasteiger partial charge in [0.2, 0.25) is 10.0 Å². The van der Waals surface area contributed by atoms with Crippen LogP contribution in [0.5, 0.6) is 0 Å². The zero-order chi connectivity index (χ0) is 17.2. The number of halogens is 1. The summed E-state index contributed by atoms with van der Waals surface area (Å²) in [6.07, 6.45) is 0. The maximum absolute atomic E-state index is 12.5. The Bertz CT molecular complexity index is 838. The Labute approximate surface area is 139 Å². The molecule has 122 valence electrons. The average molecular weight is 355 g/mol. The zero-order valence-corrected chi connectivity index (χ0v) is 14.1. The lowest BCUT2D eigenvalue weighted by molar-refractivity contribution is -0.385. The number of nitrogens with one attached hydrogen (secondary N) is 1. The highest BCUT2D eigenvalue weighted by molar-refractivity contribution is 7.89. The van der Waals surface area contributed by atoms with E-state index in [-0.39, 0.29) is 21.2 Å². The highest BCUT2D eigenvalue weighted by Crippen LogP contribution is 2.30. The topological polar surface area (TPSA) is 89.3 Å². The molecule has 0 radical (unpaired) electrons. The highest BCUT2D eigenvalue weighted by atomic mass is 35.5. The fourth-order valence-electron chi connectivity index (χ4n) is 2.10. The number of nitro benzene ring substituents is 1. The monoisotopic (exact) mass is 354 g/mol. The number of hydrogen-bond acceptors (Lipinski definition) is 4. The summed E-state index contributed by atoms with van der Waals surface area (Å²) in [5.41, 5.74) is 0.681. The van der Waals surface area contributed by atoms with E-state index >= 15 is 0 Å². The van der Waals surface area contributed by atoms with E-state index in [0.717, 1.165) is 11.6 Å². The van der Waals surface area contributed by atoms with E-state index in [1.165, 1.54) is 13.0 Å². The van der Waals surface area contributed by atoms with E-state index in [0.29, 0.717) is 0 Å². The van der Waals surface area contributed by atoms with Gasteiger partial charge in [-0.05, 0) is 25.5 Å². The van der Waals surface area contributed by atoms with Crippen LogP contribution in [-0.4, -0.2) is 13.3 Å². The van der Waals surface area contributed by atoms with Crippen LogP contribution in [0.3, 0.4) is 0 Å². The Balaban J connectivity index is 2.39. The van der Waals surface area contributed by atoms with Crippen LogP contribution in [0.25, 0.3) is 0 Å². The van der Waals surface area contributed by atoms with Crippen LogP contribution in [-0.2, 0) is 10.0 Å². The van der Waals surface area contributed by atoms with Gasteiger partial charge >= 0.3 is 0 Å². The molecule has 2 aromatic carbocycles. The van der Waals surface area contributed by atoms with Crippen molar-refractivity contribution < 1.29 is 13.3 Å². The Kier molecular flexibility index (Phi) is 5.03. The van der Waals surface area contributed by atoms with Crippen LogP contribution < -0.4 is 4.72 Å². The van der Waals surface area contributed by atoms with Crippen molar-refractivity contribution in [3.63, 3.8) is 0 Å². The number of hydrogen-bond donors (Lipinski definition) is 1. The van der Waals surface area contributed by atoms with E-state index in [2.05, 4.69) is 4.72 Å². The largest absolute Gasteiger partial charge is 0.275 e. The highest BCUT2D eigenvalue weighted by Gasteiger charge is 2.24. The average Bonchev–Trinajstić information content (AvgIpc) is 2.49. The first-order valence-electron chi connectivity index (χ1n) is 6.74. The fourth-order valence-corrected chi connectivity index (χ4v) is 3.65. The second kappa shape index (κ2) is 6.66. The van der Waals surface area contributed by atoms with Crippen molar-refractivity contribution >= 4 is 27.3 Å². The SMILES string of the molecule is Cc1c(Cl)cc(S(=O)(=O)N[C@@H](C)c2ccccc2)cc1[N+](=O)[O-]. The second-order valence-electron chi connectivity index (χ2n) is 5.06. The van der Waals surface area contributed by atoms with Gasteiger partial charge < -0.3 is 0 Å². The minimum Gasteiger partial charge on any atom is -0.258 e. The Morgan fingerprint density at radius 3 is 2.39 bits per heavy atom. The van der Waals surface area contributed by atoms with E-state index in [4.69, 9.17) is 11.6 Å². The molecule has 0 aromatic heterocycles. The lowest BCUT2D eigenvalue weighted by atomic mass is 10.1. The van der Waals surface area contributed by atoms with Gasteiger partial charge in [0.15, 0.2) is 0 Å². The molecule has 0 saturated heterocycles. The normalized spacial score (nSPS) is 12.8. The summed E-state index contributed by atoms with van der Waals surface area (Å²) < 4.78 is 27.4. The van der Waals surface area contributed by atoms with Gasteiger partial charge in [0.1, 0.15) is 0 Å². The molecule has 0 bridgehead atoms. The fraction of sp³-hybridized carbons (Fsp3) is 0.200. The first-order valence-corrected chi connectivity index (χ1v) is 8.60. The predicted octanol–water partition coefficient (Wildman–Crippen LogP) is 3.60. The molecular formula is C15H15ClN2O4S. The van der Waals surface area contributed by atoms with E-state index in [9.17, 15) is 18.5 Å². The molecule has 0 saturated carbocycles. The summed E-state index contributed by atoms with van der Waals surface area (Å²) in [6.45, 7) is 3.16. The van der Waals surface area contributed by atoms with Crippen LogP contribution in [0.1, 0.15) is 24.1 Å². The molecule has 0 aliphatic heterocycles. The summed E-state index contributed by atoms with van der Waals surface area (Å²) in [7, 11) is -3.94. The molecule has 0 unspecified atom stereocenters.